The molecule has 4 aromatic rings. The van der Waals surface area contributed by atoms with Crippen molar-refractivity contribution >= 4 is 47.0 Å². The Morgan fingerprint density at radius 1 is 1.20 bits per heavy atom. The van der Waals surface area contributed by atoms with Gasteiger partial charge >= 0.3 is 6.09 Å². The molecule has 2 aromatic carbocycles. The zero-order chi connectivity index (χ0) is 28.8. The van der Waals surface area contributed by atoms with Crippen LogP contribution in [0, 0.1) is 0 Å². The normalized spacial score (nSPS) is 15.7. The van der Waals surface area contributed by atoms with Gasteiger partial charge in [0.2, 0.25) is 11.8 Å². The lowest BCUT2D eigenvalue weighted by Gasteiger charge is -2.16. The first-order valence-electron chi connectivity index (χ1n) is 12.5. The number of fused-ring (bicyclic) bond motifs is 4. The monoisotopic (exact) mass is 572 g/mol. The summed E-state index contributed by atoms with van der Waals surface area (Å²) in [5.74, 6) is -0.0621. The molecule has 2 aromatic heterocycles. The molecule has 1 aliphatic heterocycles. The molecule has 0 fully saturated rings. The molecule has 5 rings (SSSR count). The molecule has 3 amide bonds. The highest BCUT2D eigenvalue weighted by Crippen LogP contribution is 2.31. The average Bonchev–Trinajstić information content (AvgIpc) is 3.66. The zero-order valence-electron chi connectivity index (χ0n) is 21.8. The molecular formula is C28H25ClN8O4. The number of nitrogens with zero attached hydrogens (tertiary/aromatic N) is 4. The van der Waals surface area contributed by atoms with Crippen molar-refractivity contribution in [2.24, 2.45) is 0 Å². The molecule has 0 saturated heterocycles. The van der Waals surface area contributed by atoms with Crippen molar-refractivity contribution in [1.82, 2.24) is 30.3 Å². The summed E-state index contributed by atoms with van der Waals surface area (Å²) in [5, 5.41) is 16.8. The summed E-state index contributed by atoms with van der Waals surface area (Å²) < 4.78 is 6.24. The lowest BCUT2D eigenvalue weighted by atomic mass is 10.1. The van der Waals surface area contributed by atoms with E-state index in [2.05, 4.69) is 41.0 Å². The molecule has 1 atom stereocenters. The molecule has 0 saturated carbocycles. The van der Waals surface area contributed by atoms with Gasteiger partial charge in [-0.3, -0.25) is 14.9 Å². The topological polar surface area (TPSA) is 156 Å². The number of carbonyl (C=O) groups is 3. The summed E-state index contributed by atoms with van der Waals surface area (Å²) in [6, 6.07) is 9.81. The number of carbonyl (C=O) groups excluding carboxylic acids is 3. The summed E-state index contributed by atoms with van der Waals surface area (Å²) in [4.78, 5) is 45.1. The number of benzene rings is 2. The van der Waals surface area contributed by atoms with Crippen LogP contribution in [0.25, 0.3) is 23.0 Å². The van der Waals surface area contributed by atoms with Gasteiger partial charge in [-0.2, -0.15) is 0 Å². The molecular weight excluding hydrogens is 548 g/mol. The minimum Gasteiger partial charge on any atom is -0.453 e. The largest absolute Gasteiger partial charge is 0.453 e. The number of aromatic amines is 1. The summed E-state index contributed by atoms with van der Waals surface area (Å²) in [6.07, 6.45) is 11.4. The van der Waals surface area contributed by atoms with Gasteiger partial charge in [0.25, 0.3) is 0 Å². The second kappa shape index (κ2) is 12.3. The van der Waals surface area contributed by atoms with E-state index in [1.54, 1.807) is 71.8 Å². The number of rotatable bonds is 5. The predicted octanol–water partition coefficient (Wildman–Crippen LogP) is 4.65. The molecule has 0 radical (unpaired) electrons. The van der Waals surface area contributed by atoms with Gasteiger partial charge in [-0.05, 0) is 48.9 Å². The predicted molar refractivity (Wildman–Crippen MR) is 153 cm³/mol. The standard InChI is InChI=1S/C28H25ClN8O4/c1-41-28(40)32-19-8-9-20-22(15-19)34-25(38)5-3-2-4-21(27-30-16-23(20)35-27)33-26(39)11-6-17-14-18(29)7-10-24(17)37-13-12-31-36-37/h2-3,6-16,21H,4-5H2,1H3,(H,30,35)(H,32,40)(H,33,39)(H,34,38)/b3-2+,11-6+. The number of nitrogens with one attached hydrogen (secondary N) is 4. The van der Waals surface area contributed by atoms with Crippen molar-refractivity contribution in [3.8, 4) is 16.9 Å². The van der Waals surface area contributed by atoms with Crippen LogP contribution in [0.4, 0.5) is 16.2 Å². The highest BCUT2D eigenvalue weighted by Gasteiger charge is 2.19. The SMILES string of the molecule is COC(=O)Nc1ccc2c(c1)NC(=O)C/C=C/CC(NC(=O)/C=C/c1cc(Cl)ccc1-n1ccnn1)c1ncc-2[nH]1. The van der Waals surface area contributed by atoms with Gasteiger partial charge in [-0.1, -0.05) is 29.0 Å². The molecule has 41 heavy (non-hydrogen) atoms. The summed E-state index contributed by atoms with van der Waals surface area (Å²) in [5.41, 5.74) is 3.59. The number of imidazole rings is 1. The molecule has 0 aliphatic carbocycles. The van der Waals surface area contributed by atoms with E-state index in [4.69, 9.17) is 11.6 Å². The third-order valence-corrected chi connectivity index (χ3v) is 6.41. The number of amides is 3. The van der Waals surface area contributed by atoms with Crippen LogP contribution in [0.1, 0.15) is 30.3 Å². The number of hydrogen-bond acceptors (Lipinski definition) is 7. The summed E-state index contributed by atoms with van der Waals surface area (Å²) in [7, 11) is 1.27. The van der Waals surface area contributed by atoms with Gasteiger partial charge < -0.3 is 20.4 Å². The number of anilines is 2. The number of halogens is 1. The summed E-state index contributed by atoms with van der Waals surface area (Å²) in [6.45, 7) is 0. The van der Waals surface area contributed by atoms with Gasteiger partial charge in [-0.15, -0.1) is 5.10 Å². The maximum atomic E-state index is 13.0. The quantitative estimate of drug-likeness (QED) is 0.200. The fourth-order valence-electron chi connectivity index (χ4n) is 4.23. The minimum atomic E-state index is -0.631. The number of methoxy groups -OCH3 is 1. The van der Waals surface area contributed by atoms with Gasteiger partial charge in [0.05, 0.1) is 48.8 Å². The van der Waals surface area contributed by atoms with E-state index in [1.165, 1.54) is 13.2 Å². The number of ether oxygens (including phenoxy) is 1. The molecule has 3 heterocycles. The van der Waals surface area contributed by atoms with Crippen molar-refractivity contribution in [2.45, 2.75) is 18.9 Å². The minimum absolute atomic E-state index is 0.119. The van der Waals surface area contributed by atoms with Crippen LogP contribution in [0.15, 0.2) is 73.2 Å². The van der Waals surface area contributed by atoms with Crippen LogP contribution in [0.3, 0.4) is 0 Å². The molecule has 1 unspecified atom stereocenters. The highest BCUT2D eigenvalue weighted by molar-refractivity contribution is 6.30. The molecule has 2 bridgehead atoms. The van der Waals surface area contributed by atoms with E-state index >= 15 is 0 Å². The van der Waals surface area contributed by atoms with Crippen molar-refractivity contribution < 1.29 is 19.1 Å². The van der Waals surface area contributed by atoms with E-state index in [0.29, 0.717) is 51.2 Å². The molecule has 4 N–H and O–H groups in total. The summed E-state index contributed by atoms with van der Waals surface area (Å²) >= 11 is 6.19. The van der Waals surface area contributed by atoms with Crippen molar-refractivity contribution in [1.29, 1.82) is 0 Å². The fraction of sp³-hybridized carbons (Fsp3) is 0.143. The number of hydrogen-bond donors (Lipinski definition) is 4. The van der Waals surface area contributed by atoms with Crippen molar-refractivity contribution in [3.63, 3.8) is 0 Å². The maximum Gasteiger partial charge on any atom is 0.411 e. The highest BCUT2D eigenvalue weighted by atomic mass is 35.5. The number of aromatic nitrogens is 5. The van der Waals surface area contributed by atoms with Crippen LogP contribution < -0.4 is 16.0 Å². The van der Waals surface area contributed by atoms with E-state index < -0.39 is 12.1 Å². The van der Waals surface area contributed by atoms with Gasteiger partial charge in [0.15, 0.2) is 0 Å². The average molecular weight is 573 g/mol. The van der Waals surface area contributed by atoms with Crippen LogP contribution >= 0.6 is 11.6 Å². The molecule has 0 spiro atoms. The lowest BCUT2D eigenvalue weighted by Crippen LogP contribution is -2.27. The fourth-order valence-corrected chi connectivity index (χ4v) is 4.41. The Bertz CT molecular complexity index is 1640. The van der Waals surface area contributed by atoms with Crippen LogP contribution in [-0.4, -0.2) is 50.0 Å². The Morgan fingerprint density at radius 3 is 2.88 bits per heavy atom. The lowest BCUT2D eigenvalue weighted by molar-refractivity contribution is -0.117. The third kappa shape index (κ3) is 6.68. The molecule has 13 heteroatoms. The smallest absolute Gasteiger partial charge is 0.411 e. The van der Waals surface area contributed by atoms with E-state index in [1.807, 2.05) is 6.08 Å². The number of H-pyrrole nitrogens is 1. The van der Waals surface area contributed by atoms with Crippen LogP contribution in [-0.2, 0) is 14.3 Å². The Morgan fingerprint density at radius 2 is 2.07 bits per heavy atom. The second-order valence-corrected chi connectivity index (χ2v) is 9.40. The first-order chi connectivity index (χ1) is 19.9. The van der Waals surface area contributed by atoms with Crippen molar-refractivity contribution in [3.05, 3.63) is 89.6 Å². The van der Waals surface area contributed by atoms with E-state index in [9.17, 15) is 14.4 Å². The Balaban J connectivity index is 1.40. The van der Waals surface area contributed by atoms with Crippen LogP contribution in [0.5, 0.6) is 0 Å². The second-order valence-electron chi connectivity index (χ2n) is 8.96. The van der Waals surface area contributed by atoms with Gasteiger partial charge in [0.1, 0.15) is 5.82 Å². The van der Waals surface area contributed by atoms with E-state index in [0.717, 1.165) is 0 Å². The maximum absolute atomic E-state index is 13.0. The first kappa shape index (κ1) is 27.3. The first-order valence-corrected chi connectivity index (χ1v) is 12.9. The molecule has 1 aliphatic rings. The molecule has 208 valence electrons. The zero-order valence-corrected chi connectivity index (χ0v) is 22.6. The van der Waals surface area contributed by atoms with Gasteiger partial charge in [0, 0.05) is 34.3 Å². The Kier molecular flexibility index (Phi) is 8.20. The van der Waals surface area contributed by atoms with E-state index in [-0.39, 0.29) is 18.2 Å². The van der Waals surface area contributed by atoms with Gasteiger partial charge in [-0.25, -0.2) is 14.5 Å². The third-order valence-electron chi connectivity index (χ3n) is 6.17. The Labute approximate surface area is 239 Å². The Hall–Kier alpha value is -5.23. The molecule has 12 nitrogen and oxygen atoms in total. The van der Waals surface area contributed by atoms with Crippen molar-refractivity contribution in [2.75, 3.05) is 17.7 Å². The van der Waals surface area contributed by atoms with Crippen LogP contribution in [0.2, 0.25) is 5.02 Å².